The van der Waals surface area contributed by atoms with Gasteiger partial charge in [-0.2, -0.15) is 0 Å². The fourth-order valence-corrected chi connectivity index (χ4v) is 3.94. The minimum Gasteiger partial charge on any atom is -0.486 e. The molecule has 2 saturated heterocycles. The molecule has 2 fully saturated rings. The lowest BCUT2D eigenvalue weighted by atomic mass is 9.88. The molecular formula is C22H32N2O5. The van der Waals surface area contributed by atoms with E-state index in [4.69, 9.17) is 9.47 Å². The van der Waals surface area contributed by atoms with Gasteiger partial charge in [-0.25, -0.2) is 4.79 Å². The number of carbonyl (C=O) groups is 2. The molecule has 0 aliphatic carbocycles. The minimum atomic E-state index is -0.491. The van der Waals surface area contributed by atoms with Crippen LogP contribution >= 0.6 is 0 Å². The average Bonchev–Trinajstić information content (AvgIpc) is 2.70. The molecule has 29 heavy (non-hydrogen) atoms. The van der Waals surface area contributed by atoms with E-state index < -0.39 is 5.60 Å². The van der Waals surface area contributed by atoms with Gasteiger partial charge in [0.2, 0.25) is 0 Å². The van der Waals surface area contributed by atoms with E-state index in [1.54, 1.807) is 23.1 Å². The Hall–Kier alpha value is -2.12. The van der Waals surface area contributed by atoms with Crippen molar-refractivity contribution in [1.29, 1.82) is 0 Å². The van der Waals surface area contributed by atoms with Crippen molar-refractivity contribution in [3.05, 3.63) is 29.8 Å². The van der Waals surface area contributed by atoms with E-state index in [0.29, 0.717) is 25.4 Å². The Morgan fingerprint density at radius 1 is 1.17 bits per heavy atom. The molecule has 0 saturated carbocycles. The number of piperidine rings is 1. The quantitative estimate of drug-likeness (QED) is 0.812. The minimum absolute atomic E-state index is 0.0413. The second-order valence-electron chi connectivity index (χ2n) is 8.91. The summed E-state index contributed by atoms with van der Waals surface area (Å²) < 4.78 is 11.1. The lowest BCUT2D eigenvalue weighted by molar-refractivity contribution is -0.127. The number of amides is 1. The van der Waals surface area contributed by atoms with Gasteiger partial charge >= 0.3 is 6.09 Å². The fourth-order valence-electron chi connectivity index (χ4n) is 3.94. The average molecular weight is 405 g/mol. The maximum atomic E-state index is 12.6. The summed E-state index contributed by atoms with van der Waals surface area (Å²) in [6.07, 6.45) is 1.44. The van der Waals surface area contributed by atoms with Crippen molar-refractivity contribution in [3.8, 4) is 5.75 Å². The number of ketones is 1. The van der Waals surface area contributed by atoms with Crippen LogP contribution in [0.3, 0.4) is 0 Å². The van der Waals surface area contributed by atoms with Gasteiger partial charge in [0.25, 0.3) is 0 Å². The smallest absolute Gasteiger partial charge is 0.410 e. The predicted octanol–water partition coefficient (Wildman–Crippen LogP) is 2.46. The van der Waals surface area contributed by atoms with Crippen LogP contribution in [0.15, 0.2) is 24.3 Å². The van der Waals surface area contributed by atoms with Gasteiger partial charge in [-0.15, -0.1) is 0 Å². The molecule has 0 radical (unpaired) electrons. The van der Waals surface area contributed by atoms with Crippen LogP contribution in [0.5, 0.6) is 5.75 Å². The highest BCUT2D eigenvalue weighted by atomic mass is 16.6. The number of Topliss-reactive ketones (excluding diaryl/α,β-unsaturated/α-hetero) is 1. The van der Waals surface area contributed by atoms with Crippen LogP contribution in [0.2, 0.25) is 0 Å². The molecule has 2 aliphatic rings. The number of fused-ring (bicyclic) bond motifs is 1. The SMILES string of the molecule is CC(C)(C)OC(=O)N1CCN2C[C@@H](C(=O)COc3cccc(CO)c3)CC[C@H]2C1. The number of ether oxygens (including phenoxy) is 2. The first-order chi connectivity index (χ1) is 13.7. The summed E-state index contributed by atoms with van der Waals surface area (Å²) in [5.41, 5.74) is 0.271. The first-order valence-electron chi connectivity index (χ1n) is 10.3. The summed E-state index contributed by atoms with van der Waals surface area (Å²) in [6, 6.07) is 7.44. The molecule has 1 N–H and O–H groups in total. The maximum Gasteiger partial charge on any atom is 0.410 e. The molecule has 0 spiro atoms. The van der Waals surface area contributed by atoms with E-state index >= 15 is 0 Å². The van der Waals surface area contributed by atoms with Gasteiger partial charge in [-0.05, 0) is 51.3 Å². The van der Waals surface area contributed by atoms with Gasteiger partial charge in [-0.3, -0.25) is 9.69 Å². The number of piperazine rings is 1. The van der Waals surface area contributed by atoms with Gasteiger partial charge in [0.15, 0.2) is 5.78 Å². The Kier molecular flexibility index (Phi) is 6.80. The van der Waals surface area contributed by atoms with E-state index in [0.717, 1.165) is 24.9 Å². The predicted molar refractivity (Wildman–Crippen MR) is 109 cm³/mol. The molecule has 0 bridgehead atoms. The van der Waals surface area contributed by atoms with Crippen molar-refractivity contribution in [2.75, 3.05) is 32.8 Å². The molecule has 0 aromatic heterocycles. The molecule has 0 unspecified atom stereocenters. The number of hydrogen-bond acceptors (Lipinski definition) is 6. The number of benzene rings is 1. The number of nitrogens with zero attached hydrogens (tertiary/aromatic N) is 2. The number of aliphatic hydroxyl groups is 1. The molecule has 7 heteroatoms. The van der Waals surface area contributed by atoms with Crippen molar-refractivity contribution >= 4 is 11.9 Å². The molecule has 2 heterocycles. The molecule has 1 amide bonds. The third kappa shape index (κ3) is 5.93. The van der Waals surface area contributed by atoms with E-state index in [-0.39, 0.29) is 37.0 Å². The Labute approximate surface area is 172 Å². The summed E-state index contributed by atoms with van der Waals surface area (Å²) in [4.78, 5) is 29.1. The molecule has 1 aromatic rings. The highest BCUT2D eigenvalue weighted by Crippen LogP contribution is 2.27. The molecule has 1 aromatic carbocycles. The van der Waals surface area contributed by atoms with Gasteiger partial charge < -0.3 is 19.5 Å². The van der Waals surface area contributed by atoms with Crippen LogP contribution in [0.1, 0.15) is 39.2 Å². The Balaban J connectivity index is 1.48. The number of hydrogen-bond donors (Lipinski definition) is 1. The van der Waals surface area contributed by atoms with Crippen molar-refractivity contribution in [2.24, 2.45) is 5.92 Å². The van der Waals surface area contributed by atoms with E-state index in [2.05, 4.69) is 4.90 Å². The number of aliphatic hydroxyl groups excluding tert-OH is 1. The van der Waals surface area contributed by atoms with Crippen LogP contribution in [-0.4, -0.2) is 71.2 Å². The van der Waals surface area contributed by atoms with Crippen molar-refractivity contribution in [1.82, 2.24) is 9.80 Å². The third-order valence-corrected chi connectivity index (χ3v) is 5.48. The van der Waals surface area contributed by atoms with Crippen molar-refractivity contribution < 1.29 is 24.2 Å². The highest BCUT2D eigenvalue weighted by molar-refractivity contribution is 5.82. The maximum absolute atomic E-state index is 12.6. The summed E-state index contributed by atoms with van der Waals surface area (Å²) >= 11 is 0. The molecule has 2 aliphatic heterocycles. The summed E-state index contributed by atoms with van der Waals surface area (Å²) in [5.74, 6) is 0.664. The topological polar surface area (TPSA) is 79.3 Å². The zero-order valence-electron chi connectivity index (χ0n) is 17.6. The van der Waals surface area contributed by atoms with E-state index in [1.165, 1.54) is 0 Å². The molecular weight excluding hydrogens is 372 g/mol. The second kappa shape index (κ2) is 9.13. The molecule has 160 valence electrons. The second-order valence-corrected chi connectivity index (χ2v) is 8.91. The normalized spacial score (nSPS) is 22.7. The van der Waals surface area contributed by atoms with Gasteiger partial charge in [0, 0.05) is 38.1 Å². The highest BCUT2D eigenvalue weighted by Gasteiger charge is 2.37. The van der Waals surface area contributed by atoms with Gasteiger partial charge in [0.05, 0.1) is 6.61 Å². The molecule has 3 rings (SSSR count). The first-order valence-corrected chi connectivity index (χ1v) is 10.3. The Bertz CT molecular complexity index is 730. The van der Waals surface area contributed by atoms with Crippen molar-refractivity contribution in [2.45, 2.75) is 51.9 Å². The summed E-state index contributed by atoms with van der Waals surface area (Å²) in [5, 5.41) is 9.20. The standard InChI is InChI=1S/C22H32N2O5/c1-22(2,3)29-21(27)24-10-9-23-12-17(7-8-18(23)13-24)20(26)15-28-19-6-4-5-16(11-19)14-25/h4-6,11,17-18,25H,7-10,12-15H2,1-3H3/t17-,18-/m0/s1. The zero-order chi connectivity index (χ0) is 21.0. The molecule has 7 nitrogen and oxygen atoms in total. The molecule has 2 atom stereocenters. The van der Waals surface area contributed by atoms with Crippen LogP contribution in [0.25, 0.3) is 0 Å². The fraction of sp³-hybridized carbons (Fsp3) is 0.636. The summed E-state index contributed by atoms with van der Waals surface area (Å²) in [6.45, 7) is 8.36. The Morgan fingerprint density at radius 2 is 1.97 bits per heavy atom. The van der Waals surface area contributed by atoms with Crippen LogP contribution in [-0.2, 0) is 16.1 Å². The largest absolute Gasteiger partial charge is 0.486 e. The van der Waals surface area contributed by atoms with Gasteiger partial charge in [0.1, 0.15) is 18.0 Å². The third-order valence-electron chi connectivity index (χ3n) is 5.48. The zero-order valence-corrected chi connectivity index (χ0v) is 17.6. The van der Waals surface area contributed by atoms with Gasteiger partial charge in [-0.1, -0.05) is 12.1 Å². The monoisotopic (exact) mass is 404 g/mol. The van der Waals surface area contributed by atoms with Crippen LogP contribution in [0.4, 0.5) is 4.79 Å². The summed E-state index contributed by atoms with van der Waals surface area (Å²) in [7, 11) is 0. The van der Waals surface area contributed by atoms with Crippen molar-refractivity contribution in [3.63, 3.8) is 0 Å². The first kappa shape index (κ1) is 21.6. The Morgan fingerprint density at radius 3 is 2.69 bits per heavy atom. The number of rotatable bonds is 5. The number of carbonyl (C=O) groups excluding carboxylic acids is 2. The lowest BCUT2D eigenvalue weighted by Crippen LogP contribution is -2.58. The van der Waals surface area contributed by atoms with E-state index in [1.807, 2.05) is 26.8 Å². The van der Waals surface area contributed by atoms with E-state index in [9.17, 15) is 14.7 Å². The lowest BCUT2D eigenvalue weighted by Gasteiger charge is -2.45. The van der Waals surface area contributed by atoms with Crippen LogP contribution in [0, 0.1) is 5.92 Å². The van der Waals surface area contributed by atoms with Crippen LogP contribution < -0.4 is 4.74 Å².